The van der Waals surface area contributed by atoms with Crippen LogP contribution in [0.25, 0.3) is 0 Å². The molecule has 0 radical (unpaired) electrons. The third kappa shape index (κ3) is 3.96. The van der Waals surface area contributed by atoms with Crippen LogP contribution in [0, 0.1) is 5.92 Å². The summed E-state index contributed by atoms with van der Waals surface area (Å²) in [5, 5.41) is 0. The van der Waals surface area contributed by atoms with E-state index in [0.29, 0.717) is 18.2 Å². The molecule has 1 aliphatic heterocycles. The molecule has 2 heteroatoms. The van der Waals surface area contributed by atoms with Crippen LogP contribution in [0.5, 0.6) is 0 Å². The average molecular weight is 239 g/mol. The van der Waals surface area contributed by atoms with Gasteiger partial charge in [-0.25, -0.2) is 0 Å². The molecule has 1 saturated carbocycles. The second-order valence-corrected chi connectivity index (χ2v) is 6.35. The highest BCUT2D eigenvalue weighted by molar-refractivity contribution is 4.77. The van der Waals surface area contributed by atoms with E-state index in [1.54, 1.807) is 0 Å². The van der Waals surface area contributed by atoms with Gasteiger partial charge in [0.15, 0.2) is 0 Å². The number of hydrogen-bond donors (Lipinski definition) is 0. The fourth-order valence-electron chi connectivity index (χ4n) is 3.17. The Bertz CT molecular complexity index is 213. The summed E-state index contributed by atoms with van der Waals surface area (Å²) in [4.78, 5) is 2.57. The Kier molecular flexibility index (Phi) is 4.87. The number of ether oxygens (including phenoxy) is 1. The molecule has 2 fully saturated rings. The van der Waals surface area contributed by atoms with Crippen LogP contribution >= 0.6 is 0 Å². The summed E-state index contributed by atoms with van der Waals surface area (Å²) < 4.78 is 6.28. The fraction of sp³-hybridized carbons (Fsp3) is 1.00. The Balaban J connectivity index is 1.67. The third-order valence-corrected chi connectivity index (χ3v) is 4.55. The molecular weight excluding hydrogens is 210 g/mol. The highest BCUT2D eigenvalue weighted by Crippen LogP contribution is 2.28. The van der Waals surface area contributed by atoms with E-state index in [-0.39, 0.29) is 0 Å². The van der Waals surface area contributed by atoms with Crippen LogP contribution in [0.2, 0.25) is 0 Å². The molecule has 0 aromatic heterocycles. The smallest absolute Gasteiger partial charge is 0.0603 e. The SMILES string of the molecule is CC1CCC(OC2CCN(C(C)C)CC2)CC1. The maximum absolute atomic E-state index is 6.28. The Labute approximate surface area is 107 Å². The summed E-state index contributed by atoms with van der Waals surface area (Å²) in [6, 6.07) is 0.700. The van der Waals surface area contributed by atoms with Gasteiger partial charge in [-0.15, -0.1) is 0 Å². The first kappa shape index (κ1) is 13.4. The number of likely N-dealkylation sites (tertiary alicyclic amines) is 1. The van der Waals surface area contributed by atoms with E-state index in [2.05, 4.69) is 25.7 Å². The van der Waals surface area contributed by atoms with E-state index >= 15 is 0 Å². The predicted octanol–water partition coefficient (Wildman–Crippen LogP) is 3.45. The van der Waals surface area contributed by atoms with Crippen molar-refractivity contribution >= 4 is 0 Å². The maximum atomic E-state index is 6.28. The van der Waals surface area contributed by atoms with E-state index in [1.165, 1.54) is 51.6 Å². The minimum absolute atomic E-state index is 0.545. The van der Waals surface area contributed by atoms with Gasteiger partial charge in [-0.2, -0.15) is 0 Å². The normalized spacial score (nSPS) is 33.2. The lowest BCUT2D eigenvalue weighted by Crippen LogP contribution is -2.42. The number of hydrogen-bond acceptors (Lipinski definition) is 2. The Hall–Kier alpha value is -0.0800. The molecule has 0 aromatic carbocycles. The van der Waals surface area contributed by atoms with E-state index in [4.69, 9.17) is 4.74 Å². The second kappa shape index (κ2) is 6.19. The van der Waals surface area contributed by atoms with Crippen molar-refractivity contribution in [2.75, 3.05) is 13.1 Å². The molecule has 1 heterocycles. The lowest BCUT2D eigenvalue weighted by molar-refractivity contribution is -0.0627. The van der Waals surface area contributed by atoms with Gasteiger partial charge < -0.3 is 9.64 Å². The Morgan fingerprint density at radius 2 is 1.41 bits per heavy atom. The highest BCUT2D eigenvalue weighted by atomic mass is 16.5. The standard InChI is InChI=1S/C15H29NO/c1-12(2)16-10-8-15(9-11-16)17-14-6-4-13(3)5-7-14/h12-15H,4-11H2,1-3H3. The van der Waals surface area contributed by atoms with Crippen LogP contribution in [0.1, 0.15) is 59.3 Å². The summed E-state index contributed by atoms with van der Waals surface area (Å²) in [5.41, 5.74) is 0. The molecule has 0 bridgehead atoms. The fourth-order valence-corrected chi connectivity index (χ4v) is 3.17. The molecule has 0 spiro atoms. The molecular formula is C15H29NO. The molecule has 0 amide bonds. The predicted molar refractivity (Wildman–Crippen MR) is 72.2 cm³/mol. The lowest BCUT2D eigenvalue weighted by Gasteiger charge is -2.37. The molecule has 0 unspecified atom stereocenters. The minimum atomic E-state index is 0.545. The van der Waals surface area contributed by atoms with Gasteiger partial charge in [0.1, 0.15) is 0 Å². The van der Waals surface area contributed by atoms with Crippen LogP contribution in [-0.4, -0.2) is 36.2 Å². The van der Waals surface area contributed by atoms with Crippen LogP contribution in [0.4, 0.5) is 0 Å². The van der Waals surface area contributed by atoms with Gasteiger partial charge >= 0.3 is 0 Å². The summed E-state index contributed by atoms with van der Waals surface area (Å²) in [6.45, 7) is 9.42. The van der Waals surface area contributed by atoms with Crippen LogP contribution < -0.4 is 0 Å². The van der Waals surface area contributed by atoms with Gasteiger partial charge in [-0.1, -0.05) is 6.92 Å². The van der Waals surface area contributed by atoms with Gasteiger partial charge in [-0.05, 0) is 58.3 Å². The minimum Gasteiger partial charge on any atom is -0.375 e. The van der Waals surface area contributed by atoms with Crippen molar-refractivity contribution in [3.63, 3.8) is 0 Å². The van der Waals surface area contributed by atoms with Crippen molar-refractivity contribution in [2.24, 2.45) is 5.92 Å². The molecule has 0 N–H and O–H groups in total. The zero-order chi connectivity index (χ0) is 12.3. The first-order valence-corrected chi connectivity index (χ1v) is 7.54. The first-order chi connectivity index (χ1) is 8.15. The lowest BCUT2D eigenvalue weighted by atomic mass is 9.88. The highest BCUT2D eigenvalue weighted by Gasteiger charge is 2.25. The number of rotatable bonds is 3. The van der Waals surface area contributed by atoms with Gasteiger partial charge in [0.25, 0.3) is 0 Å². The zero-order valence-corrected chi connectivity index (χ0v) is 11.8. The molecule has 1 saturated heterocycles. The largest absolute Gasteiger partial charge is 0.375 e. The molecule has 100 valence electrons. The molecule has 17 heavy (non-hydrogen) atoms. The van der Waals surface area contributed by atoms with E-state index in [1.807, 2.05) is 0 Å². The van der Waals surface area contributed by atoms with E-state index in [9.17, 15) is 0 Å². The maximum Gasteiger partial charge on any atom is 0.0603 e. The summed E-state index contributed by atoms with van der Waals surface area (Å²) in [5.74, 6) is 0.928. The number of piperidine rings is 1. The topological polar surface area (TPSA) is 12.5 Å². The summed E-state index contributed by atoms with van der Waals surface area (Å²) in [6.07, 6.45) is 8.93. The Morgan fingerprint density at radius 3 is 1.94 bits per heavy atom. The van der Waals surface area contributed by atoms with Crippen molar-refractivity contribution in [2.45, 2.75) is 77.5 Å². The monoisotopic (exact) mass is 239 g/mol. The van der Waals surface area contributed by atoms with Crippen LogP contribution in [0.3, 0.4) is 0 Å². The van der Waals surface area contributed by atoms with Crippen molar-refractivity contribution in [3.8, 4) is 0 Å². The van der Waals surface area contributed by atoms with Crippen molar-refractivity contribution in [3.05, 3.63) is 0 Å². The second-order valence-electron chi connectivity index (χ2n) is 6.35. The van der Waals surface area contributed by atoms with Crippen molar-refractivity contribution < 1.29 is 4.74 Å². The average Bonchev–Trinajstić information content (AvgIpc) is 2.33. The van der Waals surface area contributed by atoms with Gasteiger partial charge in [0.2, 0.25) is 0 Å². The zero-order valence-electron chi connectivity index (χ0n) is 11.8. The van der Waals surface area contributed by atoms with E-state index < -0.39 is 0 Å². The molecule has 2 nitrogen and oxygen atoms in total. The molecule has 1 aliphatic carbocycles. The summed E-state index contributed by atoms with van der Waals surface area (Å²) >= 11 is 0. The molecule has 0 atom stereocenters. The first-order valence-electron chi connectivity index (χ1n) is 7.54. The summed E-state index contributed by atoms with van der Waals surface area (Å²) in [7, 11) is 0. The quantitative estimate of drug-likeness (QED) is 0.748. The molecule has 0 aromatic rings. The van der Waals surface area contributed by atoms with Crippen LogP contribution in [-0.2, 0) is 4.74 Å². The number of nitrogens with zero attached hydrogens (tertiary/aromatic N) is 1. The van der Waals surface area contributed by atoms with Crippen molar-refractivity contribution in [1.82, 2.24) is 4.90 Å². The van der Waals surface area contributed by atoms with Gasteiger partial charge in [0.05, 0.1) is 12.2 Å². The third-order valence-electron chi connectivity index (χ3n) is 4.55. The molecule has 2 aliphatic rings. The van der Waals surface area contributed by atoms with Crippen molar-refractivity contribution in [1.29, 1.82) is 0 Å². The van der Waals surface area contributed by atoms with Gasteiger partial charge in [0, 0.05) is 19.1 Å². The van der Waals surface area contributed by atoms with E-state index in [0.717, 1.165) is 5.92 Å². The van der Waals surface area contributed by atoms with Crippen LogP contribution in [0.15, 0.2) is 0 Å². The van der Waals surface area contributed by atoms with Gasteiger partial charge in [-0.3, -0.25) is 0 Å². The molecule has 2 rings (SSSR count). The Morgan fingerprint density at radius 1 is 0.882 bits per heavy atom.